The van der Waals surface area contributed by atoms with Crippen molar-refractivity contribution in [1.29, 1.82) is 0 Å². The quantitative estimate of drug-likeness (QED) is 0.511. The Morgan fingerprint density at radius 3 is 2.79 bits per heavy atom. The lowest BCUT2D eigenvalue weighted by molar-refractivity contribution is 0.755. The van der Waals surface area contributed by atoms with Gasteiger partial charge < -0.3 is 0 Å². The number of halogens is 1. The first kappa shape index (κ1) is 12.5. The van der Waals surface area contributed by atoms with E-state index in [0.717, 1.165) is 14.3 Å². The van der Waals surface area contributed by atoms with E-state index in [1.165, 1.54) is 18.1 Å². The van der Waals surface area contributed by atoms with Crippen LogP contribution < -0.4 is 0 Å². The van der Waals surface area contributed by atoms with Gasteiger partial charge in [-0.3, -0.25) is 0 Å². The van der Waals surface area contributed by atoms with E-state index in [4.69, 9.17) is 0 Å². The Hall–Kier alpha value is -1.55. The molecule has 94 valence electrons. The molecule has 0 saturated heterocycles. The fourth-order valence-electron chi connectivity index (χ4n) is 1.44. The smallest absolute Gasteiger partial charge is 0.220 e. The number of benzene rings is 1. The molecule has 3 aromatic rings. The van der Waals surface area contributed by atoms with Crippen molar-refractivity contribution in [2.24, 2.45) is 0 Å². The molecule has 0 amide bonds. The number of para-hydroxylation sites is 1. The van der Waals surface area contributed by atoms with Crippen molar-refractivity contribution >= 4 is 34.4 Å². The lowest BCUT2D eigenvalue weighted by atomic mass is 10.3. The number of rotatable bonds is 3. The van der Waals surface area contributed by atoms with Crippen LogP contribution in [0.1, 0.15) is 0 Å². The lowest BCUT2D eigenvalue weighted by Gasteiger charge is -2.04. The average Bonchev–Trinajstić information content (AvgIpc) is 2.91. The van der Waals surface area contributed by atoms with Gasteiger partial charge in [0.25, 0.3) is 0 Å². The van der Waals surface area contributed by atoms with Crippen LogP contribution in [0.2, 0.25) is 0 Å². The molecule has 3 rings (SSSR count). The highest BCUT2D eigenvalue weighted by Gasteiger charge is 2.12. The van der Waals surface area contributed by atoms with E-state index in [1.807, 2.05) is 30.3 Å². The minimum atomic E-state index is 0.669. The van der Waals surface area contributed by atoms with Crippen LogP contribution in [0.25, 0.3) is 5.69 Å². The summed E-state index contributed by atoms with van der Waals surface area (Å²) >= 11 is 3.60. The van der Waals surface area contributed by atoms with Crippen LogP contribution in [0.5, 0.6) is 0 Å². The highest BCUT2D eigenvalue weighted by atomic mass is 127. The van der Waals surface area contributed by atoms with Crippen molar-refractivity contribution in [1.82, 2.24) is 30.2 Å². The summed E-state index contributed by atoms with van der Waals surface area (Å²) in [5, 5.41) is 13.3. The average molecular weight is 382 g/mol. The second-order valence-electron chi connectivity index (χ2n) is 3.49. The molecule has 0 aliphatic rings. The molecule has 2 heterocycles. The lowest BCUT2D eigenvalue weighted by Crippen LogP contribution is -1.99. The molecule has 0 radical (unpaired) electrons. The van der Waals surface area contributed by atoms with Gasteiger partial charge in [-0.1, -0.05) is 18.2 Å². The predicted molar refractivity (Wildman–Crippen MR) is 78.0 cm³/mol. The summed E-state index contributed by atoms with van der Waals surface area (Å²) in [6.45, 7) is 0. The van der Waals surface area contributed by atoms with Gasteiger partial charge in [0.2, 0.25) is 5.16 Å². The van der Waals surface area contributed by atoms with E-state index in [2.05, 4.69) is 48.1 Å². The van der Waals surface area contributed by atoms with Crippen LogP contribution in [0.4, 0.5) is 0 Å². The van der Waals surface area contributed by atoms with Crippen molar-refractivity contribution in [3.8, 4) is 5.69 Å². The Morgan fingerprint density at radius 2 is 2.00 bits per heavy atom. The van der Waals surface area contributed by atoms with Crippen LogP contribution in [-0.4, -0.2) is 30.2 Å². The van der Waals surface area contributed by atoms with Crippen molar-refractivity contribution in [2.45, 2.75) is 10.2 Å². The molecule has 0 spiro atoms. The van der Waals surface area contributed by atoms with E-state index < -0.39 is 0 Å². The molecule has 0 atom stereocenters. The molecule has 0 aliphatic heterocycles. The first-order chi connectivity index (χ1) is 9.34. The van der Waals surface area contributed by atoms with Crippen LogP contribution in [0, 0.1) is 3.57 Å². The van der Waals surface area contributed by atoms with Crippen molar-refractivity contribution < 1.29 is 0 Å². The highest BCUT2D eigenvalue weighted by Crippen LogP contribution is 2.28. The topological polar surface area (TPSA) is 69.4 Å². The molecule has 6 nitrogen and oxygen atoms in total. The van der Waals surface area contributed by atoms with E-state index in [9.17, 15) is 0 Å². The number of nitrogens with zero attached hydrogens (tertiary/aromatic N) is 6. The third-order valence-corrected chi connectivity index (χ3v) is 4.37. The van der Waals surface area contributed by atoms with Gasteiger partial charge >= 0.3 is 0 Å². The standard InChI is InChI=1S/C11H7IN6S/c12-9-6-13-7-14-10(9)19-11-15-16-17-18(11)8-4-2-1-3-5-8/h1-7H. The van der Waals surface area contributed by atoms with Gasteiger partial charge in [-0.15, -0.1) is 5.10 Å². The zero-order valence-corrected chi connectivity index (χ0v) is 12.5. The van der Waals surface area contributed by atoms with Gasteiger partial charge in [0.1, 0.15) is 11.4 Å². The first-order valence-corrected chi connectivity index (χ1v) is 7.21. The minimum Gasteiger partial charge on any atom is -0.244 e. The third kappa shape index (κ3) is 2.73. The molecule has 8 heteroatoms. The Bertz CT molecular complexity index is 686. The molecule has 0 saturated carbocycles. The third-order valence-electron chi connectivity index (χ3n) is 2.26. The summed E-state index contributed by atoms with van der Waals surface area (Å²) in [5.74, 6) is 0. The number of hydrogen-bond acceptors (Lipinski definition) is 6. The van der Waals surface area contributed by atoms with Crippen LogP contribution in [-0.2, 0) is 0 Å². The Labute approximate surface area is 126 Å². The van der Waals surface area contributed by atoms with E-state index in [1.54, 1.807) is 10.9 Å². The summed E-state index contributed by atoms with van der Waals surface area (Å²) < 4.78 is 2.65. The summed E-state index contributed by atoms with van der Waals surface area (Å²) in [4.78, 5) is 8.19. The van der Waals surface area contributed by atoms with Crippen LogP contribution in [0.3, 0.4) is 0 Å². The van der Waals surface area contributed by atoms with Crippen molar-refractivity contribution in [3.63, 3.8) is 0 Å². The molecule has 19 heavy (non-hydrogen) atoms. The van der Waals surface area contributed by atoms with Crippen LogP contribution in [0.15, 0.2) is 53.0 Å². The molecule has 0 fully saturated rings. The highest BCUT2D eigenvalue weighted by molar-refractivity contribution is 14.1. The monoisotopic (exact) mass is 382 g/mol. The maximum Gasteiger partial charge on any atom is 0.220 e. The number of tetrazole rings is 1. The molecule has 0 bridgehead atoms. The molecular weight excluding hydrogens is 375 g/mol. The molecular formula is C11H7IN6S. The molecule has 0 N–H and O–H groups in total. The van der Waals surface area contributed by atoms with Crippen molar-refractivity contribution in [3.05, 3.63) is 46.4 Å². The predicted octanol–water partition coefficient (Wildman–Crippen LogP) is 2.21. The summed E-state index contributed by atoms with van der Waals surface area (Å²) in [5.41, 5.74) is 0.916. The van der Waals surface area contributed by atoms with Gasteiger partial charge in [0, 0.05) is 6.20 Å². The van der Waals surface area contributed by atoms with Crippen molar-refractivity contribution in [2.75, 3.05) is 0 Å². The fraction of sp³-hybridized carbons (Fsp3) is 0. The summed E-state index contributed by atoms with van der Waals surface area (Å²) in [6.07, 6.45) is 3.27. The summed E-state index contributed by atoms with van der Waals surface area (Å²) in [6, 6.07) is 9.74. The van der Waals surface area contributed by atoms with Gasteiger partial charge in [-0.2, -0.15) is 4.68 Å². The second-order valence-corrected chi connectivity index (χ2v) is 5.60. The minimum absolute atomic E-state index is 0.669. The second kappa shape index (κ2) is 5.61. The normalized spacial score (nSPS) is 10.6. The van der Waals surface area contributed by atoms with E-state index >= 15 is 0 Å². The number of hydrogen-bond donors (Lipinski definition) is 0. The molecule has 2 aromatic heterocycles. The Morgan fingerprint density at radius 1 is 1.16 bits per heavy atom. The van der Waals surface area contributed by atoms with Gasteiger partial charge in [-0.25, -0.2) is 9.97 Å². The zero-order valence-electron chi connectivity index (χ0n) is 9.51. The maximum atomic E-state index is 4.22. The first-order valence-electron chi connectivity index (χ1n) is 5.32. The number of aromatic nitrogens is 6. The zero-order chi connectivity index (χ0) is 13.1. The summed E-state index contributed by atoms with van der Waals surface area (Å²) in [7, 11) is 0. The Balaban J connectivity index is 1.96. The molecule has 0 unspecified atom stereocenters. The van der Waals surface area contributed by atoms with E-state index in [0.29, 0.717) is 5.16 Å². The van der Waals surface area contributed by atoms with Gasteiger partial charge in [-0.05, 0) is 56.9 Å². The molecule has 1 aromatic carbocycles. The maximum absolute atomic E-state index is 4.22. The van der Waals surface area contributed by atoms with E-state index in [-0.39, 0.29) is 0 Å². The van der Waals surface area contributed by atoms with Crippen LogP contribution >= 0.6 is 34.4 Å². The van der Waals surface area contributed by atoms with Gasteiger partial charge in [0.05, 0.1) is 9.26 Å². The van der Waals surface area contributed by atoms with Gasteiger partial charge in [0.15, 0.2) is 0 Å². The largest absolute Gasteiger partial charge is 0.244 e. The SMILES string of the molecule is Ic1cncnc1Sc1nnnn1-c1ccccc1. The fourth-order valence-corrected chi connectivity index (χ4v) is 2.80. The Kier molecular flexibility index (Phi) is 3.69. The molecule has 0 aliphatic carbocycles.